The summed E-state index contributed by atoms with van der Waals surface area (Å²) in [6.45, 7) is 4.57. The highest BCUT2D eigenvalue weighted by Crippen LogP contribution is 2.18. The lowest BCUT2D eigenvalue weighted by molar-refractivity contribution is 0.429. The van der Waals surface area contributed by atoms with Gasteiger partial charge in [-0.3, -0.25) is 0 Å². The number of nitrogens with one attached hydrogen (secondary N) is 1. The highest BCUT2D eigenvalue weighted by Gasteiger charge is 2.08. The Morgan fingerprint density at radius 1 is 1.12 bits per heavy atom. The average Bonchev–Trinajstić information content (AvgIpc) is 2.85. The van der Waals surface area contributed by atoms with Crippen LogP contribution in [0.1, 0.15) is 71.0 Å². The van der Waals surface area contributed by atoms with E-state index in [1.165, 1.54) is 51.4 Å². The third kappa shape index (κ3) is 6.50. The molecule has 2 heteroatoms. The zero-order valence-electron chi connectivity index (χ0n) is 11.5. The van der Waals surface area contributed by atoms with Crippen LogP contribution in [-0.2, 0) is 6.42 Å². The molecule has 2 nitrogen and oxygen atoms in total. The van der Waals surface area contributed by atoms with Gasteiger partial charge in [0, 0.05) is 18.8 Å². The van der Waals surface area contributed by atoms with Gasteiger partial charge in [-0.05, 0) is 5.92 Å². The van der Waals surface area contributed by atoms with Gasteiger partial charge in [-0.1, -0.05) is 65.2 Å². The molecule has 0 spiro atoms. The lowest BCUT2D eigenvalue weighted by Gasteiger charge is -2.12. The van der Waals surface area contributed by atoms with Crippen molar-refractivity contribution in [3.05, 3.63) is 18.2 Å². The fraction of sp³-hybridized carbons (Fsp3) is 0.800. The fourth-order valence-electron chi connectivity index (χ4n) is 2.35. The van der Waals surface area contributed by atoms with Gasteiger partial charge >= 0.3 is 0 Å². The molecule has 0 amide bonds. The number of aromatic amines is 1. The highest BCUT2D eigenvalue weighted by molar-refractivity contribution is 4.88. The van der Waals surface area contributed by atoms with Gasteiger partial charge < -0.3 is 4.98 Å². The second-order valence-corrected chi connectivity index (χ2v) is 5.07. The molecule has 0 saturated carbocycles. The predicted octanol–water partition coefficient (Wildman–Crippen LogP) is 4.73. The molecule has 0 saturated heterocycles. The van der Waals surface area contributed by atoms with Crippen molar-refractivity contribution in [2.45, 2.75) is 71.6 Å². The Kier molecular flexibility index (Phi) is 7.78. The van der Waals surface area contributed by atoms with Gasteiger partial charge in [-0.2, -0.15) is 0 Å². The number of rotatable bonds is 10. The Morgan fingerprint density at radius 2 is 1.88 bits per heavy atom. The molecule has 17 heavy (non-hydrogen) atoms. The minimum atomic E-state index is 0.812. The molecule has 0 aromatic carbocycles. The molecular formula is C15H28N2. The monoisotopic (exact) mass is 236 g/mol. The zero-order chi connectivity index (χ0) is 12.3. The van der Waals surface area contributed by atoms with Crippen molar-refractivity contribution in [2.75, 3.05) is 0 Å². The Hall–Kier alpha value is -0.790. The predicted molar refractivity (Wildman–Crippen MR) is 74.1 cm³/mol. The van der Waals surface area contributed by atoms with Gasteiger partial charge in [-0.15, -0.1) is 0 Å². The quantitative estimate of drug-likeness (QED) is 0.585. The highest BCUT2D eigenvalue weighted by atomic mass is 14.9. The summed E-state index contributed by atoms with van der Waals surface area (Å²) in [5, 5.41) is 0. The lowest BCUT2D eigenvalue weighted by atomic mass is 9.94. The van der Waals surface area contributed by atoms with Crippen molar-refractivity contribution >= 4 is 0 Å². The molecule has 1 N–H and O–H groups in total. The first kappa shape index (κ1) is 14.3. The normalized spacial score (nSPS) is 12.8. The summed E-state index contributed by atoms with van der Waals surface area (Å²) in [4.78, 5) is 7.53. The Morgan fingerprint density at radius 3 is 2.53 bits per heavy atom. The van der Waals surface area contributed by atoms with E-state index in [1.807, 2.05) is 12.4 Å². The van der Waals surface area contributed by atoms with Crippen molar-refractivity contribution in [3.8, 4) is 0 Å². The van der Waals surface area contributed by atoms with E-state index in [0.717, 1.165) is 18.2 Å². The number of H-pyrrole nitrogens is 1. The zero-order valence-corrected chi connectivity index (χ0v) is 11.5. The first-order valence-electron chi connectivity index (χ1n) is 7.35. The topological polar surface area (TPSA) is 28.7 Å². The first-order chi connectivity index (χ1) is 8.36. The lowest BCUT2D eigenvalue weighted by Crippen LogP contribution is -2.04. The summed E-state index contributed by atoms with van der Waals surface area (Å²) in [6, 6.07) is 0. The fourth-order valence-corrected chi connectivity index (χ4v) is 2.35. The number of nitrogens with zero attached hydrogens (tertiary/aromatic N) is 1. The summed E-state index contributed by atoms with van der Waals surface area (Å²) in [5.41, 5.74) is 0. The molecule has 1 rings (SSSR count). The number of unbranched alkanes of at least 4 members (excludes halogenated alkanes) is 5. The average molecular weight is 236 g/mol. The molecule has 0 bridgehead atoms. The van der Waals surface area contributed by atoms with Crippen molar-refractivity contribution < 1.29 is 0 Å². The second kappa shape index (κ2) is 9.26. The molecule has 0 fully saturated rings. The van der Waals surface area contributed by atoms with Crippen LogP contribution in [0.3, 0.4) is 0 Å². The molecule has 0 aliphatic heterocycles. The SMILES string of the molecule is CCCCCCCCC(CC)Cc1ncc[nH]1. The maximum Gasteiger partial charge on any atom is 0.106 e. The van der Waals surface area contributed by atoms with Crippen LogP contribution in [0.5, 0.6) is 0 Å². The molecule has 98 valence electrons. The van der Waals surface area contributed by atoms with Crippen LogP contribution in [0.15, 0.2) is 12.4 Å². The van der Waals surface area contributed by atoms with Crippen LogP contribution < -0.4 is 0 Å². The van der Waals surface area contributed by atoms with Gasteiger partial charge in [-0.25, -0.2) is 4.98 Å². The maximum atomic E-state index is 4.32. The van der Waals surface area contributed by atoms with Crippen molar-refractivity contribution in [1.82, 2.24) is 9.97 Å². The van der Waals surface area contributed by atoms with Gasteiger partial charge in [0.2, 0.25) is 0 Å². The number of hydrogen-bond acceptors (Lipinski definition) is 1. The van der Waals surface area contributed by atoms with Crippen LogP contribution >= 0.6 is 0 Å². The molecule has 1 heterocycles. The van der Waals surface area contributed by atoms with E-state index in [-0.39, 0.29) is 0 Å². The summed E-state index contributed by atoms with van der Waals surface area (Å²) < 4.78 is 0. The van der Waals surface area contributed by atoms with E-state index in [0.29, 0.717) is 0 Å². The number of aromatic nitrogens is 2. The Labute approximate surface area is 106 Å². The van der Waals surface area contributed by atoms with Gasteiger partial charge in [0.05, 0.1) is 0 Å². The Balaban J connectivity index is 2.06. The maximum absolute atomic E-state index is 4.32. The molecule has 0 radical (unpaired) electrons. The summed E-state index contributed by atoms with van der Waals surface area (Å²) in [6.07, 6.45) is 15.9. The number of imidazole rings is 1. The minimum absolute atomic E-state index is 0.812. The number of hydrogen-bond donors (Lipinski definition) is 1. The van der Waals surface area contributed by atoms with Gasteiger partial charge in [0.25, 0.3) is 0 Å². The van der Waals surface area contributed by atoms with Crippen LogP contribution in [-0.4, -0.2) is 9.97 Å². The van der Waals surface area contributed by atoms with Crippen LogP contribution in [0.25, 0.3) is 0 Å². The summed E-state index contributed by atoms with van der Waals surface area (Å²) >= 11 is 0. The molecule has 0 aliphatic rings. The van der Waals surface area contributed by atoms with E-state index < -0.39 is 0 Å². The summed E-state index contributed by atoms with van der Waals surface area (Å²) in [7, 11) is 0. The smallest absolute Gasteiger partial charge is 0.106 e. The third-order valence-electron chi connectivity index (χ3n) is 3.58. The van der Waals surface area contributed by atoms with Crippen molar-refractivity contribution in [3.63, 3.8) is 0 Å². The molecule has 1 aromatic heterocycles. The van der Waals surface area contributed by atoms with Crippen molar-refractivity contribution in [2.24, 2.45) is 5.92 Å². The molecular weight excluding hydrogens is 208 g/mol. The first-order valence-corrected chi connectivity index (χ1v) is 7.35. The second-order valence-electron chi connectivity index (χ2n) is 5.07. The molecule has 1 unspecified atom stereocenters. The van der Waals surface area contributed by atoms with Gasteiger partial charge in [0.1, 0.15) is 5.82 Å². The molecule has 0 aliphatic carbocycles. The standard InChI is InChI=1S/C15H28N2/c1-3-5-6-7-8-9-10-14(4-2)13-15-16-11-12-17-15/h11-12,14H,3-10,13H2,1-2H3,(H,16,17). The molecule has 1 atom stereocenters. The van der Waals surface area contributed by atoms with Crippen LogP contribution in [0, 0.1) is 5.92 Å². The van der Waals surface area contributed by atoms with Crippen molar-refractivity contribution in [1.29, 1.82) is 0 Å². The van der Waals surface area contributed by atoms with E-state index in [1.54, 1.807) is 0 Å². The summed E-state index contributed by atoms with van der Waals surface area (Å²) in [5.74, 6) is 1.97. The molecule has 1 aromatic rings. The van der Waals surface area contributed by atoms with Crippen LogP contribution in [0.2, 0.25) is 0 Å². The minimum Gasteiger partial charge on any atom is -0.349 e. The third-order valence-corrected chi connectivity index (χ3v) is 3.58. The van der Waals surface area contributed by atoms with E-state index in [4.69, 9.17) is 0 Å². The van der Waals surface area contributed by atoms with E-state index >= 15 is 0 Å². The largest absolute Gasteiger partial charge is 0.349 e. The Bertz CT molecular complexity index is 254. The van der Waals surface area contributed by atoms with E-state index in [9.17, 15) is 0 Å². The van der Waals surface area contributed by atoms with Gasteiger partial charge in [0.15, 0.2) is 0 Å². The van der Waals surface area contributed by atoms with Crippen LogP contribution in [0.4, 0.5) is 0 Å². The van der Waals surface area contributed by atoms with E-state index in [2.05, 4.69) is 23.8 Å².